The Bertz CT molecular complexity index is 922. The van der Waals surface area contributed by atoms with Gasteiger partial charge in [-0.2, -0.15) is 4.98 Å². The number of imidazole rings is 1. The van der Waals surface area contributed by atoms with Crippen molar-refractivity contribution in [2.75, 3.05) is 19.0 Å². The van der Waals surface area contributed by atoms with Crippen molar-refractivity contribution < 1.29 is 33.8 Å². The van der Waals surface area contributed by atoms with Crippen LogP contribution >= 0.6 is 7.82 Å². The predicted molar refractivity (Wildman–Crippen MR) is 86.2 cm³/mol. The van der Waals surface area contributed by atoms with Gasteiger partial charge in [0.1, 0.15) is 29.6 Å². The van der Waals surface area contributed by atoms with Crippen LogP contribution in [0.2, 0.25) is 0 Å². The molecule has 3 heterocycles. The van der Waals surface area contributed by atoms with Crippen LogP contribution in [0.3, 0.4) is 0 Å². The Hall–Kier alpha value is -1.86. The third-order valence-corrected chi connectivity index (χ3v) is 4.56. The highest BCUT2D eigenvalue weighted by Gasteiger charge is 2.45. The van der Waals surface area contributed by atoms with Crippen molar-refractivity contribution >= 4 is 24.8 Å². The van der Waals surface area contributed by atoms with E-state index >= 15 is 0 Å². The van der Waals surface area contributed by atoms with E-state index in [1.165, 1.54) is 22.5 Å². The lowest BCUT2D eigenvalue weighted by molar-refractivity contribution is -0.0504. The molecule has 1 aliphatic rings. The second-order valence-corrected chi connectivity index (χ2v) is 6.95. The topological polar surface area (TPSA) is 181 Å². The molecule has 0 amide bonds. The number of ether oxygens (including phenoxy) is 1. The summed E-state index contributed by atoms with van der Waals surface area (Å²) in [4.78, 5) is 37.6. The van der Waals surface area contributed by atoms with Gasteiger partial charge in [-0.25, -0.2) is 14.3 Å². The van der Waals surface area contributed by atoms with Gasteiger partial charge in [0, 0.05) is 14.1 Å². The maximum absolute atomic E-state index is 12.0. The van der Waals surface area contributed by atoms with Crippen LogP contribution in [0.15, 0.2) is 11.1 Å². The first-order chi connectivity index (χ1) is 12.1. The molecule has 0 saturated carbocycles. The number of nitrogens with one attached hydrogen (secondary N) is 1. The second kappa shape index (κ2) is 6.70. The Morgan fingerprint density at radius 2 is 2.08 bits per heavy atom. The first-order valence-corrected chi connectivity index (χ1v) is 9.00. The number of fused-ring (bicyclic) bond motifs is 1. The summed E-state index contributed by atoms with van der Waals surface area (Å²) in [5.74, 6) is 0.396. The molecule has 1 aliphatic heterocycles. The molecule has 0 radical (unpaired) electrons. The number of aliphatic hydroxyl groups excluding tert-OH is 2. The molecular weight excluding hydrogens is 373 g/mol. The fourth-order valence-corrected chi connectivity index (χ4v) is 3.13. The molecule has 3 rings (SSSR count). The van der Waals surface area contributed by atoms with Gasteiger partial charge >= 0.3 is 13.5 Å². The van der Waals surface area contributed by atoms with Crippen LogP contribution in [0.25, 0.3) is 11.2 Å². The van der Waals surface area contributed by atoms with Gasteiger partial charge in [-0.05, 0) is 0 Å². The van der Waals surface area contributed by atoms with Crippen LogP contribution < -0.4 is 11.0 Å². The van der Waals surface area contributed by atoms with E-state index in [9.17, 15) is 19.6 Å². The second-order valence-electron chi connectivity index (χ2n) is 5.71. The number of nitrogens with zero attached hydrogens (tertiary/aromatic N) is 4. The highest BCUT2D eigenvalue weighted by atomic mass is 31.2. The molecule has 26 heavy (non-hydrogen) atoms. The molecule has 1 fully saturated rings. The Labute approximate surface area is 146 Å². The monoisotopic (exact) mass is 391 g/mol. The van der Waals surface area contributed by atoms with Crippen LogP contribution in [0.5, 0.6) is 0 Å². The number of aliphatic hydroxyl groups is 2. The molecule has 0 aliphatic carbocycles. The lowest BCUT2D eigenvalue weighted by Crippen LogP contribution is -2.33. The van der Waals surface area contributed by atoms with Gasteiger partial charge in [-0.3, -0.25) is 13.7 Å². The lowest BCUT2D eigenvalue weighted by atomic mass is 10.1. The minimum absolute atomic E-state index is 0.116. The molecule has 0 bridgehead atoms. The predicted octanol–water partition coefficient (Wildman–Crippen LogP) is -2.10. The molecule has 0 unspecified atom stereocenters. The van der Waals surface area contributed by atoms with Crippen molar-refractivity contribution in [3.8, 4) is 0 Å². The molecule has 4 atom stereocenters. The van der Waals surface area contributed by atoms with Crippen LogP contribution in [0.1, 0.15) is 6.23 Å². The normalized spacial score (nSPS) is 26.5. The third-order valence-electron chi connectivity index (χ3n) is 4.07. The number of hydrogen-bond donors (Lipinski definition) is 5. The van der Waals surface area contributed by atoms with Gasteiger partial charge in [-0.1, -0.05) is 0 Å². The van der Waals surface area contributed by atoms with E-state index in [1.807, 2.05) is 0 Å². The van der Waals surface area contributed by atoms with E-state index in [2.05, 4.69) is 19.8 Å². The highest BCUT2D eigenvalue weighted by Crippen LogP contribution is 2.38. The molecule has 0 aromatic carbocycles. The van der Waals surface area contributed by atoms with Gasteiger partial charge in [-0.15, -0.1) is 0 Å². The number of phosphoric acid groups is 1. The summed E-state index contributed by atoms with van der Waals surface area (Å²) in [6.45, 7) is -0.636. The number of hydrogen-bond acceptors (Lipinski definition) is 9. The molecule has 13 nitrogen and oxygen atoms in total. The van der Waals surface area contributed by atoms with Gasteiger partial charge < -0.3 is 30.1 Å². The van der Waals surface area contributed by atoms with Crippen molar-refractivity contribution in [3.05, 3.63) is 16.8 Å². The van der Waals surface area contributed by atoms with Crippen molar-refractivity contribution in [1.29, 1.82) is 0 Å². The minimum atomic E-state index is -4.76. The number of aromatic nitrogens is 4. The Morgan fingerprint density at radius 3 is 2.69 bits per heavy atom. The summed E-state index contributed by atoms with van der Waals surface area (Å²) in [6, 6.07) is 0. The summed E-state index contributed by atoms with van der Waals surface area (Å²) in [5.41, 5.74) is -0.113. The van der Waals surface area contributed by atoms with Crippen LogP contribution in [-0.4, -0.2) is 71.1 Å². The van der Waals surface area contributed by atoms with Crippen molar-refractivity contribution in [1.82, 2.24) is 19.1 Å². The number of anilines is 1. The summed E-state index contributed by atoms with van der Waals surface area (Å²) < 4.78 is 23.1. The number of phosphoric ester groups is 1. The fourth-order valence-electron chi connectivity index (χ4n) is 2.79. The van der Waals surface area contributed by atoms with E-state index < -0.39 is 44.7 Å². The average molecular weight is 391 g/mol. The summed E-state index contributed by atoms with van der Waals surface area (Å²) in [6.07, 6.45) is -4.02. The fraction of sp³-hybridized carbons (Fsp3) is 0.583. The van der Waals surface area contributed by atoms with Gasteiger partial charge in [0.05, 0.1) is 12.9 Å². The third kappa shape index (κ3) is 3.25. The summed E-state index contributed by atoms with van der Waals surface area (Å²) in [5, 5.41) is 23.1. The van der Waals surface area contributed by atoms with Gasteiger partial charge in [0.2, 0.25) is 0 Å². The average Bonchev–Trinajstić information content (AvgIpc) is 3.08. The highest BCUT2D eigenvalue weighted by molar-refractivity contribution is 7.46. The van der Waals surface area contributed by atoms with Crippen LogP contribution in [-0.2, 0) is 20.9 Å². The van der Waals surface area contributed by atoms with E-state index in [0.29, 0.717) is 11.3 Å². The van der Waals surface area contributed by atoms with E-state index in [-0.39, 0.29) is 5.65 Å². The van der Waals surface area contributed by atoms with E-state index in [4.69, 9.17) is 14.5 Å². The molecule has 2 aromatic heterocycles. The lowest BCUT2D eigenvalue weighted by Gasteiger charge is -2.17. The summed E-state index contributed by atoms with van der Waals surface area (Å²) >= 11 is 0. The van der Waals surface area contributed by atoms with Crippen molar-refractivity contribution in [2.45, 2.75) is 24.5 Å². The van der Waals surface area contributed by atoms with Gasteiger partial charge in [0.25, 0.3) is 0 Å². The molecule has 14 heteroatoms. The number of rotatable bonds is 5. The minimum Gasteiger partial charge on any atom is -0.387 e. The Balaban J connectivity index is 1.95. The zero-order valence-corrected chi connectivity index (χ0v) is 14.6. The van der Waals surface area contributed by atoms with Crippen molar-refractivity contribution in [3.63, 3.8) is 0 Å². The van der Waals surface area contributed by atoms with E-state index in [1.54, 1.807) is 7.05 Å². The largest absolute Gasteiger partial charge is 0.469 e. The zero-order chi connectivity index (χ0) is 19.2. The maximum atomic E-state index is 12.0. The van der Waals surface area contributed by atoms with Crippen LogP contribution in [0, 0.1) is 0 Å². The zero-order valence-electron chi connectivity index (χ0n) is 13.8. The van der Waals surface area contributed by atoms with E-state index in [0.717, 1.165) is 0 Å². The molecule has 2 aromatic rings. The SMILES string of the molecule is CNc1c2ncn([C@@H]3O[C@H](COP(=O)(O)O)[C@@H](O)[C@H]3O)c2nc(=O)n1C. The standard InChI is InChI=1S/C12H18N5O8P/c1-13-9-6-10(15-12(20)16(9)2)17(4-14-6)11-8(19)7(18)5(25-11)3-24-26(21,22)23/h4-5,7-8,11,13,18-19H,3H2,1-2H3,(H2,21,22,23)/t5-,7-,8-,11-/m1/s1. The molecule has 1 saturated heterocycles. The quantitative estimate of drug-likeness (QED) is 0.352. The van der Waals surface area contributed by atoms with Gasteiger partial charge in [0.15, 0.2) is 11.9 Å². The first-order valence-electron chi connectivity index (χ1n) is 7.47. The van der Waals surface area contributed by atoms with Crippen molar-refractivity contribution in [2.24, 2.45) is 7.05 Å². The maximum Gasteiger partial charge on any atom is 0.469 e. The molecule has 0 spiro atoms. The molecule has 5 N–H and O–H groups in total. The Kier molecular flexibility index (Phi) is 4.88. The van der Waals surface area contributed by atoms with Crippen LogP contribution in [0.4, 0.5) is 5.82 Å². The molecule has 144 valence electrons. The summed E-state index contributed by atoms with van der Waals surface area (Å²) in [7, 11) is -1.64. The smallest absolute Gasteiger partial charge is 0.387 e. The molecular formula is C12H18N5O8P. The first kappa shape index (κ1) is 18.9. The Morgan fingerprint density at radius 1 is 1.38 bits per heavy atom.